The fourth-order valence-corrected chi connectivity index (χ4v) is 1.89. The molecule has 4 nitrogen and oxygen atoms in total. The number of halogens is 1. The Balaban J connectivity index is 2.20. The minimum atomic E-state index is -0.426. The number of rotatable bonds is 5. The number of nitrogens with zero attached hydrogens (tertiary/aromatic N) is 1. The summed E-state index contributed by atoms with van der Waals surface area (Å²) in [5.41, 5.74) is 1.37. The van der Waals surface area contributed by atoms with Crippen LogP contribution in [0.4, 0.5) is 4.39 Å². The predicted octanol–water partition coefficient (Wildman–Crippen LogP) is 2.78. The lowest BCUT2D eigenvalue weighted by atomic mass is 10.1. The Labute approximate surface area is 122 Å². The van der Waals surface area contributed by atoms with Gasteiger partial charge in [-0.1, -0.05) is 0 Å². The highest BCUT2D eigenvalue weighted by atomic mass is 19.1. The zero-order chi connectivity index (χ0) is 15.2. The molecular weight excluding hydrogens is 273 g/mol. The summed E-state index contributed by atoms with van der Waals surface area (Å²) in [5.74, 6) is 0.644. The fourth-order valence-electron chi connectivity index (χ4n) is 1.89. The SMILES string of the molecule is COc1ccc(OCc2cc(F)ccc2C#N)c(CO)c1. The number of aliphatic hydroxyl groups excluding tert-OH is 1. The molecule has 0 saturated heterocycles. The molecular formula is C16H14FNO3. The molecule has 0 aliphatic rings. The fraction of sp³-hybridized carbons (Fsp3) is 0.188. The van der Waals surface area contributed by atoms with E-state index < -0.39 is 5.82 Å². The Kier molecular flexibility index (Phi) is 4.75. The third-order valence-electron chi connectivity index (χ3n) is 3.01. The molecule has 0 bridgehead atoms. The average Bonchev–Trinajstić information content (AvgIpc) is 2.52. The first-order valence-corrected chi connectivity index (χ1v) is 6.27. The summed E-state index contributed by atoms with van der Waals surface area (Å²) in [4.78, 5) is 0. The van der Waals surface area contributed by atoms with Crippen LogP contribution in [0.2, 0.25) is 0 Å². The largest absolute Gasteiger partial charge is 0.497 e. The Morgan fingerprint density at radius 2 is 2.00 bits per heavy atom. The van der Waals surface area contributed by atoms with Crippen LogP contribution < -0.4 is 9.47 Å². The van der Waals surface area contributed by atoms with Crippen LogP contribution in [-0.2, 0) is 13.2 Å². The normalized spacial score (nSPS) is 10.0. The predicted molar refractivity (Wildman–Crippen MR) is 74.4 cm³/mol. The van der Waals surface area contributed by atoms with Crippen LogP contribution in [0.25, 0.3) is 0 Å². The first-order valence-electron chi connectivity index (χ1n) is 6.27. The van der Waals surface area contributed by atoms with Crippen LogP contribution in [0.15, 0.2) is 36.4 Å². The molecule has 21 heavy (non-hydrogen) atoms. The van der Waals surface area contributed by atoms with Gasteiger partial charge in [0.2, 0.25) is 0 Å². The summed E-state index contributed by atoms with van der Waals surface area (Å²) >= 11 is 0. The highest BCUT2D eigenvalue weighted by Crippen LogP contribution is 2.25. The van der Waals surface area contributed by atoms with Crippen molar-refractivity contribution in [2.45, 2.75) is 13.2 Å². The molecule has 108 valence electrons. The molecule has 0 aliphatic carbocycles. The lowest BCUT2D eigenvalue weighted by Crippen LogP contribution is -2.02. The molecule has 0 amide bonds. The molecule has 2 rings (SSSR count). The Hall–Kier alpha value is -2.58. The van der Waals surface area contributed by atoms with Gasteiger partial charge in [0.1, 0.15) is 23.9 Å². The summed E-state index contributed by atoms with van der Waals surface area (Å²) in [6.45, 7) is -0.166. The molecule has 2 aromatic rings. The van der Waals surface area contributed by atoms with Gasteiger partial charge in [-0.3, -0.25) is 0 Å². The van der Waals surface area contributed by atoms with Crippen molar-refractivity contribution in [3.8, 4) is 17.6 Å². The molecule has 5 heteroatoms. The summed E-state index contributed by atoms with van der Waals surface area (Å²) < 4.78 is 23.9. The minimum Gasteiger partial charge on any atom is -0.497 e. The molecule has 0 radical (unpaired) electrons. The molecule has 0 aromatic heterocycles. The van der Waals surface area contributed by atoms with Crippen LogP contribution in [0.5, 0.6) is 11.5 Å². The van der Waals surface area contributed by atoms with Crippen LogP contribution in [0.3, 0.4) is 0 Å². The van der Waals surface area contributed by atoms with Crippen molar-refractivity contribution in [2.75, 3.05) is 7.11 Å². The van der Waals surface area contributed by atoms with E-state index in [1.807, 2.05) is 6.07 Å². The average molecular weight is 287 g/mol. The maximum Gasteiger partial charge on any atom is 0.125 e. The van der Waals surface area contributed by atoms with E-state index in [2.05, 4.69) is 0 Å². The number of aliphatic hydroxyl groups is 1. The van der Waals surface area contributed by atoms with Crippen LogP contribution in [0.1, 0.15) is 16.7 Å². The highest BCUT2D eigenvalue weighted by Gasteiger charge is 2.08. The van der Waals surface area contributed by atoms with Gasteiger partial charge in [0.25, 0.3) is 0 Å². The van der Waals surface area contributed by atoms with Crippen molar-refractivity contribution in [3.63, 3.8) is 0 Å². The first kappa shape index (κ1) is 14.8. The van der Waals surface area contributed by atoms with Gasteiger partial charge in [-0.15, -0.1) is 0 Å². The monoisotopic (exact) mass is 287 g/mol. The number of benzene rings is 2. The molecule has 0 heterocycles. The molecule has 0 aliphatic heterocycles. The maximum absolute atomic E-state index is 13.2. The quantitative estimate of drug-likeness (QED) is 0.918. The molecule has 0 unspecified atom stereocenters. The number of hydrogen-bond acceptors (Lipinski definition) is 4. The van der Waals surface area contributed by atoms with Crippen molar-refractivity contribution < 1.29 is 19.0 Å². The Morgan fingerprint density at radius 3 is 2.67 bits per heavy atom. The van der Waals surface area contributed by atoms with E-state index in [0.29, 0.717) is 28.2 Å². The van der Waals surface area contributed by atoms with Crippen molar-refractivity contribution in [1.29, 1.82) is 5.26 Å². The van der Waals surface area contributed by atoms with Gasteiger partial charge in [-0.05, 0) is 36.4 Å². The van der Waals surface area contributed by atoms with Crippen molar-refractivity contribution in [2.24, 2.45) is 0 Å². The molecule has 0 spiro atoms. The third-order valence-corrected chi connectivity index (χ3v) is 3.01. The van der Waals surface area contributed by atoms with Gasteiger partial charge in [0.15, 0.2) is 0 Å². The van der Waals surface area contributed by atoms with E-state index in [1.54, 1.807) is 18.2 Å². The minimum absolute atomic E-state index is 0.0416. The summed E-state index contributed by atoms with van der Waals surface area (Å²) in [6, 6.07) is 10.9. The Morgan fingerprint density at radius 1 is 1.19 bits per heavy atom. The van der Waals surface area contributed by atoms with Crippen LogP contribution >= 0.6 is 0 Å². The van der Waals surface area contributed by atoms with E-state index >= 15 is 0 Å². The number of methoxy groups -OCH3 is 1. The van der Waals surface area contributed by atoms with E-state index in [1.165, 1.54) is 25.3 Å². The second-order valence-electron chi connectivity index (χ2n) is 4.33. The topological polar surface area (TPSA) is 62.5 Å². The van der Waals surface area contributed by atoms with E-state index in [0.717, 1.165) is 0 Å². The summed E-state index contributed by atoms with van der Waals surface area (Å²) in [7, 11) is 1.53. The third kappa shape index (κ3) is 3.50. The summed E-state index contributed by atoms with van der Waals surface area (Å²) in [6.07, 6.45) is 0. The van der Waals surface area contributed by atoms with Gasteiger partial charge in [0, 0.05) is 11.1 Å². The number of hydrogen-bond donors (Lipinski definition) is 1. The smallest absolute Gasteiger partial charge is 0.125 e. The second-order valence-corrected chi connectivity index (χ2v) is 4.33. The van der Waals surface area contributed by atoms with Gasteiger partial charge in [-0.25, -0.2) is 4.39 Å². The maximum atomic E-state index is 13.2. The van der Waals surface area contributed by atoms with Gasteiger partial charge < -0.3 is 14.6 Å². The van der Waals surface area contributed by atoms with Crippen molar-refractivity contribution in [3.05, 3.63) is 58.9 Å². The zero-order valence-corrected chi connectivity index (χ0v) is 11.5. The highest BCUT2D eigenvalue weighted by molar-refractivity contribution is 5.41. The molecule has 0 atom stereocenters. The number of ether oxygens (including phenoxy) is 2. The van der Waals surface area contributed by atoms with Gasteiger partial charge in [0.05, 0.1) is 25.3 Å². The lowest BCUT2D eigenvalue weighted by Gasteiger charge is -2.12. The van der Waals surface area contributed by atoms with Crippen molar-refractivity contribution >= 4 is 0 Å². The van der Waals surface area contributed by atoms with E-state index in [9.17, 15) is 9.50 Å². The second kappa shape index (κ2) is 6.73. The molecule has 0 saturated carbocycles. The standard InChI is InChI=1S/C16H14FNO3/c1-20-15-4-5-16(12(7-15)9-19)21-10-13-6-14(17)3-2-11(13)8-18/h2-7,19H,9-10H2,1H3. The van der Waals surface area contributed by atoms with Gasteiger partial charge >= 0.3 is 0 Å². The van der Waals surface area contributed by atoms with Crippen LogP contribution in [0, 0.1) is 17.1 Å². The molecule has 2 aromatic carbocycles. The zero-order valence-electron chi connectivity index (χ0n) is 11.5. The lowest BCUT2D eigenvalue weighted by molar-refractivity contribution is 0.257. The van der Waals surface area contributed by atoms with E-state index in [-0.39, 0.29) is 13.2 Å². The van der Waals surface area contributed by atoms with Gasteiger partial charge in [-0.2, -0.15) is 5.26 Å². The summed E-state index contributed by atoms with van der Waals surface area (Å²) in [5, 5.41) is 18.3. The number of nitriles is 1. The molecule has 0 fully saturated rings. The van der Waals surface area contributed by atoms with E-state index in [4.69, 9.17) is 14.7 Å². The van der Waals surface area contributed by atoms with Crippen LogP contribution in [-0.4, -0.2) is 12.2 Å². The van der Waals surface area contributed by atoms with Crippen molar-refractivity contribution in [1.82, 2.24) is 0 Å². The molecule has 1 N–H and O–H groups in total. The Bertz CT molecular complexity index is 680. The first-order chi connectivity index (χ1) is 10.2.